The van der Waals surface area contributed by atoms with Gasteiger partial charge in [-0.25, -0.2) is 0 Å². The first-order chi connectivity index (χ1) is 9.58. The van der Waals surface area contributed by atoms with E-state index >= 15 is 0 Å². The molecule has 4 nitrogen and oxygen atoms in total. The van der Waals surface area contributed by atoms with Crippen molar-refractivity contribution in [2.45, 2.75) is 32.4 Å². The number of methoxy groups -OCH3 is 2. The summed E-state index contributed by atoms with van der Waals surface area (Å²) in [5.74, 6) is 2.21. The summed E-state index contributed by atoms with van der Waals surface area (Å²) in [5.41, 5.74) is 7.49. The van der Waals surface area contributed by atoms with Gasteiger partial charge in [0.05, 0.1) is 20.3 Å². The molecule has 1 aliphatic heterocycles. The average Bonchev–Trinajstić information content (AvgIpc) is 2.77. The minimum atomic E-state index is 0.148. The highest BCUT2D eigenvalue weighted by Crippen LogP contribution is 2.41. The lowest BCUT2D eigenvalue weighted by Crippen LogP contribution is -2.34. The fourth-order valence-corrected chi connectivity index (χ4v) is 3.13. The van der Waals surface area contributed by atoms with Crippen LogP contribution in [0.4, 0.5) is 0 Å². The lowest BCUT2D eigenvalue weighted by molar-refractivity contribution is 0.215. The zero-order chi connectivity index (χ0) is 14.7. The van der Waals surface area contributed by atoms with Gasteiger partial charge in [0.2, 0.25) is 0 Å². The average molecular weight is 278 g/mol. The van der Waals surface area contributed by atoms with Crippen molar-refractivity contribution in [3.8, 4) is 11.5 Å². The Morgan fingerprint density at radius 3 is 2.65 bits per heavy atom. The smallest absolute Gasteiger partial charge is 0.165 e. The highest BCUT2D eigenvalue weighted by molar-refractivity contribution is 5.48. The summed E-state index contributed by atoms with van der Waals surface area (Å²) < 4.78 is 11.0. The van der Waals surface area contributed by atoms with Crippen LogP contribution in [0.2, 0.25) is 0 Å². The van der Waals surface area contributed by atoms with E-state index < -0.39 is 0 Å². The largest absolute Gasteiger partial charge is 0.493 e. The molecule has 1 heterocycles. The van der Waals surface area contributed by atoms with Gasteiger partial charge < -0.3 is 15.2 Å². The molecule has 4 heteroatoms. The maximum atomic E-state index is 6.35. The van der Waals surface area contributed by atoms with Crippen molar-refractivity contribution in [3.63, 3.8) is 0 Å². The summed E-state index contributed by atoms with van der Waals surface area (Å²) in [7, 11) is 3.36. The molecule has 2 N–H and O–H groups in total. The fourth-order valence-electron chi connectivity index (χ4n) is 3.13. The number of benzene rings is 1. The Labute approximate surface area is 121 Å². The van der Waals surface area contributed by atoms with Crippen molar-refractivity contribution in [1.82, 2.24) is 4.90 Å². The van der Waals surface area contributed by atoms with Crippen molar-refractivity contribution in [3.05, 3.63) is 23.8 Å². The van der Waals surface area contributed by atoms with E-state index in [0.29, 0.717) is 5.92 Å². The molecule has 0 amide bonds. The molecule has 2 rings (SSSR count). The first kappa shape index (κ1) is 15.1. The Balaban J connectivity index is 2.37. The molecule has 0 aromatic heterocycles. The SMILES string of the molecule is COc1cccc(C2C(N)CCN2CC(C)C)c1OC. The van der Waals surface area contributed by atoms with Crippen LogP contribution in [0.5, 0.6) is 11.5 Å². The quantitative estimate of drug-likeness (QED) is 0.898. The molecule has 1 aromatic rings. The van der Waals surface area contributed by atoms with Gasteiger partial charge in [0.25, 0.3) is 0 Å². The molecular formula is C16H26N2O2. The second-order valence-electron chi connectivity index (χ2n) is 5.87. The summed E-state index contributed by atoms with van der Waals surface area (Å²) >= 11 is 0. The molecule has 2 unspecified atom stereocenters. The second-order valence-corrected chi connectivity index (χ2v) is 5.87. The van der Waals surface area contributed by atoms with Gasteiger partial charge in [0.15, 0.2) is 11.5 Å². The van der Waals surface area contributed by atoms with E-state index in [4.69, 9.17) is 15.2 Å². The standard InChI is InChI=1S/C16H26N2O2/c1-11(2)10-18-9-8-13(17)15(18)12-6-5-7-14(19-3)16(12)20-4/h5-7,11,13,15H,8-10,17H2,1-4H3. The summed E-state index contributed by atoms with van der Waals surface area (Å²) in [5, 5.41) is 0. The zero-order valence-corrected chi connectivity index (χ0v) is 12.9. The van der Waals surface area contributed by atoms with Crippen molar-refractivity contribution in [2.24, 2.45) is 11.7 Å². The number of nitrogens with zero attached hydrogens (tertiary/aromatic N) is 1. The number of rotatable bonds is 5. The van der Waals surface area contributed by atoms with E-state index in [9.17, 15) is 0 Å². The minimum absolute atomic E-state index is 0.148. The summed E-state index contributed by atoms with van der Waals surface area (Å²) in [6, 6.07) is 6.40. The molecule has 1 saturated heterocycles. The third-order valence-electron chi connectivity index (χ3n) is 3.90. The number of ether oxygens (including phenoxy) is 2. The first-order valence-electron chi connectivity index (χ1n) is 7.29. The molecule has 0 aliphatic carbocycles. The van der Waals surface area contributed by atoms with Crippen molar-refractivity contribution >= 4 is 0 Å². The Bertz CT molecular complexity index is 448. The number of hydrogen-bond acceptors (Lipinski definition) is 4. The van der Waals surface area contributed by atoms with Crippen LogP contribution in [-0.2, 0) is 0 Å². The molecule has 1 aromatic carbocycles. The molecular weight excluding hydrogens is 252 g/mol. The molecule has 0 spiro atoms. The van der Waals surface area contributed by atoms with Crippen LogP contribution in [-0.4, -0.2) is 38.3 Å². The third-order valence-corrected chi connectivity index (χ3v) is 3.90. The zero-order valence-electron chi connectivity index (χ0n) is 12.9. The second kappa shape index (κ2) is 6.46. The van der Waals surface area contributed by atoms with Gasteiger partial charge in [-0.3, -0.25) is 4.90 Å². The molecule has 0 radical (unpaired) electrons. The highest BCUT2D eigenvalue weighted by atomic mass is 16.5. The van der Waals surface area contributed by atoms with Gasteiger partial charge in [-0.1, -0.05) is 26.0 Å². The van der Waals surface area contributed by atoms with Gasteiger partial charge >= 0.3 is 0 Å². The van der Waals surface area contributed by atoms with Gasteiger partial charge in [0, 0.05) is 24.7 Å². The molecule has 0 bridgehead atoms. The van der Waals surface area contributed by atoms with Crippen LogP contribution in [0.15, 0.2) is 18.2 Å². The number of nitrogens with two attached hydrogens (primary N) is 1. The monoisotopic (exact) mass is 278 g/mol. The Morgan fingerprint density at radius 1 is 1.30 bits per heavy atom. The Kier molecular flexibility index (Phi) is 4.89. The van der Waals surface area contributed by atoms with E-state index in [-0.39, 0.29) is 12.1 Å². The maximum Gasteiger partial charge on any atom is 0.165 e. The Hall–Kier alpha value is -1.26. The van der Waals surface area contributed by atoms with Crippen molar-refractivity contribution < 1.29 is 9.47 Å². The molecule has 1 fully saturated rings. The number of hydrogen-bond donors (Lipinski definition) is 1. The maximum absolute atomic E-state index is 6.35. The molecule has 20 heavy (non-hydrogen) atoms. The lowest BCUT2D eigenvalue weighted by atomic mass is 9.98. The third kappa shape index (κ3) is 2.91. The van der Waals surface area contributed by atoms with Crippen molar-refractivity contribution in [1.29, 1.82) is 0 Å². The van der Waals surface area contributed by atoms with Crippen molar-refractivity contribution in [2.75, 3.05) is 27.3 Å². The summed E-state index contributed by atoms with van der Waals surface area (Å²) in [6.45, 7) is 6.58. The first-order valence-corrected chi connectivity index (χ1v) is 7.29. The van der Waals surface area contributed by atoms with Crippen LogP contribution in [0.25, 0.3) is 0 Å². The highest BCUT2D eigenvalue weighted by Gasteiger charge is 2.35. The van der Waals surface area contributed by atoms with Gasteiger partial charge in [-0.05, 0) is 18.4 Å². The van der Waals surface area contributed by atoms with Crippen LogP contribution < -0.4 is 15.2 Å². The Morgan fingerprint density at radius 2 is 2.05 bits per heavy atom. The summed E-state index contributed by atoms with van der Waals surface area (Å²) in [6.07, 6.45) is 1.03. The summed E-state index contributed by atoms with van der Waals surface area (Å²) in [4.78, 5) is 2.46. The minimum Gasteiger partial charge on any atom is -0.493 e. The molecule has 0 saturated carbocycles. The molecule has 2 atom stereocenters. The predicted molar refractivity (Wildman–Crippen MR) is 81.3 cm³/mol. The van der Waals surface area contributed by atoms with E-state index in [2.05, 4.69) is 24.8 Å². The van der Waals surface area contributed by atoms with E-state index in [0.717, 1.165) is 36.6 Å². The van der Waals surface area contributed by atoms with Crippen LogP contribution >= 0.6 is 0 Å². The molecule has 112 valence electrons. The van der Waals surface area contributed by atoms with Crippen LogP contribution in [0.3, 0.4) is 0 Å². The van der Waals surface area contributed by atoms with Gasteiger partial charge in [-0.15, -0.1) is 0 Å². The fraction of sp³-hybridized carbons (Fsp3) is 0.625. The van der Waals surface area contributed by atoms with Crippen LogP contribution in [0, 0.1) is 5.92 Å². The predicted octanol–water partition coefficient (Wildman–Crippen LogP) is 2.43. The van der Waals surface area contributed by atoms with Gasteiger partial charge in [0.1, 0.15) is 0 Å². The lowest BCUT2D eigenvalue weighted by Gasteiger charge is -2.30. The van der Waals surface area contributed by atoms with E-state index in [1.807, 2.05) is 12.1 Å². The topological polar surface area (TPSA) is 47.7 Å². The number of likely N-dealkylation sites (tertiary alicyclic amines) is 1. The normalized spacial score (nSPS) is 23.3. The van der Waals surface area contributed by atoms with Crippen LogP contribution in [0.1, 0.15) is 31.9 Å². The number of para-hydroxylation sites is 1. The van der Waals surface area contributed by atoms with E-state index in [1.165, 1.54) is 0 Å². The van der Waals surface area contributed by atoms with E-state index in [1.54, 1.807) is 14.2 Å². The van der Waals surface area contributed by atoms with Gasteiger partial charge in [-0.2, -0.15) is 0 Å². The molecule has 1 aliphatic rings.